The van der Waals surface area contributed by atoms with Crippen molar-refractivity contribution in [3.8, 4) is 0 Å². The summed E-state index contributed by atoms with van der Waals surface area (Å²) >= 11 is 0. The summed E-state index contributed by atoms with van der Waals surface area (Å²) in [6.07, 6.45) is 0.267. The number of hydrogen-bond acceptors (Lipinski definition) is 4. The molecule has 4 nitrogen and oxygen atoms in total. The fraction of sp³-hybridized carbons (Fsp3) is 0.550. The van der Waals surface area contributed by atoms with Crippen molar-refractivity contribution >= 4 is 5.97 Å². The van der Waals surface area contributed by atoms with Gasteiger partial charge in [-0.25, -0.2) is 0 Å². The molecular weight excluding hydrogens is 304 g/mol. The van der Waals surface area contributed by atoms with Crippen LogP contribution in [0.1, 0.15) is 26.3 Å². The Morgan fingerprint density at radius 3 is 2.62 bits per heavy atom. The summed E-state index contributed by atoms with van der Waals surface area (Å²) in [5.74, 6) is -0.378. The fourth-order valence-corrected chi connectivity index (χ4v) is 2.91. The minimum absolute atomic E-state index is 0.111. The predicted molar refractivity (Wildman–Crippen MR) is 93.7 cm³/mol. The van der Waals surface area contributed by atoms with Crippen LogP contribution < -0.4 is 0 Å². The first-order valence-corrected chi connectivity index (χ1v) is 8.55. The Labute approximate surface area is 144 Å². The van der Waals surface area contributed by atoms with Gasteiger partial charge in [-0.3, -0.25) is 4.79 Å². The Morgan fingerprint density at radius 2 is 1.96 bits per heavy atom. The van der Waals surface area contributed by atoms with Crippen LogP contribution in [0.5, 0.6) is 0 Å². The number of benzene rings is 1. The van der Waals surface area contributed by atoms with Crippen molar-refractivity contribution in [1.82, 2.24) is 0 Å². The number of esters is 1. The summed E-state index contributed by atoms with van der Waals surface area (Å²) < 4.78 is 17.5. The van der Waals surface area contributed by atoms with Crippen LogP contribution >= 0.6 is 0 Å². The van der Waals surface area contributed by atoms with E-state index in [4.69, 9.17) is 14.2 Å². The minimum atomic E-state index is -0.324. The maximum absolute atomic E-state index is 12.1. The second kappa shape index (κ2) is 9.00. The molecule has 24 heavy (non-hydrogen) atoms. The van der Waals surface area contributed by atoms with Crippen molar-refractivity contribution in [2.24, 2.45) is 11.8 Å². The molecule has 0 amide bonds. The van der Waals surface area contributed by atoms with Gasteiger partial charge in [0, 0.05) is 5.92 Å². The second-order valence-electron chi connectivity index (χ2n) is 6.76. The van der Waals surface area contributed by atoms with E-state index in [0.717, 1.165) is 12.0 Å². The van der Waals surface area contributed by atoms with Gasteiger partial charge in [-0.2, -0.15) is 0 Å². The molecule has 4 atom stereocenters. The fourth-order valence-electron chi connectivity index (χ4n) is 2.91. The third-order valence-electron chi connectivity index (χ3n) is 4.19. The quantitative estimate of drug-likeness (QED) is 0.612. The van der Waals surface area contributed by atoms with Gasteiger partial charge in [0.05, 0.1) is 31.8 Å². The molecule has 1 aromatic carbocycles. The van der Waals surface area contributed by atoms with Gasteiger partial charge >= 0.3 is 5.97 Å². The van der Waals surface area contributed by atoms with Gasteiger partial charge in [-0.15, -0.1) is 0 Å². The largest absolute Gasteiger partial charge is 0.460 e. The highest BCUT2D eigenvalue weighted by atomic mass is 16.6. The van der Waals surface area contributed by atoms with Crippen LogP contribution in [-0.2, 0) is 25.4 Å². The topological polar surface area (TPSA) is 44.8 Å². The monoisotopic (exact) mass is 332 g/mol. The van der Waals surface area contributed by atoms with Gasteiger partial charge in [-0.1, -0.05) is 42.5 Å². The average molecular weight is 332 g/mol. The molecule has 1 aliphatic heterocycles. The number of carbonyl (C=O) groups excluding carboxylic acids is 1. The molecule has 0 unspecified atom stereocenters. The zero-order valence-electron chi connectivity index (χ0n) is 14.9. The SMILES string of the molecule is C=C(C)CO[C@@H]1[C@@H](Cc2ccccc2)COC[C@H](C)C(=O)O[C@H]1C. The lowest BCUT2D eigenvalue weighted by molar-refractivity contribution is -0.161. The molecule has 0 N–H and O–H groups in total. The molecule has 0 saturated carbocycles. The number of rotatable bonds is 5. The summed E-state index contributed by atoms with van der Waals surface area (Å²) in [4.78, 5) is 12.1. The van der Waals surface area contributed by atoms with Gasteiger partial charge in [0.2, 0.25) is 0 Å². The van der Waals surface area contributed by atoms with E-state index in [9.17, 15) is 4.79 Å². The molecule has 1 aliphatic rings. The van der Waals surface area contributed by atoms with E-state index in [-0.39, 0.29) is 30.0 Å². The van der Waals surface area contributed by atoms with E-state index < -0.39 is 0 Å². The molecule has 1 aromatic rings. The van der Waals surface area contributed by atoms with Crippen LogP contribution in [0.2, 0.25) is 0 Å². The maximum Gasteiger partial charge on any atom is 0.311 e. The van der Waals surface area contributed by atoms with Gasteiger partial charge < -0.3 is 14.2 Å². The zero-order chi connectivity index (χ0) is 17.5. The lowest BCUT2D eigenvalue weighted by Crippen LogP contribution is -2.40. The van der Waals surface area contributed by atoms with Crippen molar-refractivity contribution in [2.45, 2.75) is 39.4 Å². The maximum atomic E-state index is 12.1. The first-order chi connectivity index (χ1) is 11.5. The van der Waals surface area contributed by atoms with E-state index in [1.165, 1.54) is 5.56 Å². The predicted octanol–water partition coefficient (Wildman–Crippen LogP) is 3.40. The van der Waals surface area contributed by atoms with Crippen molar-refractivity contribution in [3.63, 3.8) is 0 Å². The van der Waals surface area contributed by atoms with E-state index in [1.54, 1.807) is 0 Å². The Hall–Kier alpha value is -1.65. The number of ether oxygens (including phenoxy) is 3. The Bertz CT molecular complexity index is 540. The smallest absolute Gasteiger partial charge is 0.311 e. The van der Waals surface area contributed by atoms with Gasteiger partial charge in [0.1, 0.15) is 6.10 Å². The average Bonchev–Trinajstić information content (AvgIpc) is 2.58. The van der Waals surface area contributed by atoms with Crippen molar-refractivity contribution in [1.29, 1.82) is 0 Å². The van der Waals surface area contributed by atoms with Crippen LogP contribution in [0.15, 0.2) is 42.5 Å². The summed E-state index contributed by atoms with van der Waals surface area (Å²) in [6.45, 7) is 10.9. The number of hydrogen-bond donors (Lipinski definition) is 0. The van der Waals surface area contributed by atoms with E-state index in [0.29, 0.717) is 19.8 Å². The van der Waals surface area contributed by atoms with Crippen LogP contribution in [0.3, 0.4) is 0 Å². The third-order valence-corrected chi connectivity index (χ3v) is 4.19. The van der Waals surface area contributed by atoms with E-state index in [2.05, 4.69) is 18.7 Å². The molecule has 0 spiro atoms. The molecule has 0 aliphatic carbocycles. The summed E-state index contributed by atoms with van der Waals surface area (Å²) in [6, 6.07) is 10.3. The lowest BCUT2D eigenvalue weighted by atomic mass is 9.91. The molecule has 0 radical (unpaired) electrons. The Morgan fingerprint density at radius 1 is 1.25 bits per heavy atom. The van der Waals surface area contributed by atoms with Crippen LogP contribution in [0.4, 0.5) is 0 Å². The summed E-state index contributed by atoms with van der Waals surface area (Å²) in [5, 5.41) is 0. The van der Waals surface area contributed by atoms with Gasteiger partial charge in [0.15, 0.2) is 0 Å². The normalized spacial score (nSPS) is 28.4. The highest BCUT2D eigenvalue weighted by Crippen LogP contribution is 2.23. The highest BCUT2D eigenvalue weighted by Gasteiger charge is 2.33. The van der Waals surface area contributed by atoms with Crippen molar-refractivity contribution in [2.75, 3.05) is 19.8 Å². The van der Waals surface area contributed by atoms with Crippen molar-refractivity contribution < 1.29 is 19.0 Å². The minimum Gasteiger partial charge on any atom is -0.460 e. The second-order valence-corrected chi connectivity index (χ2v) is 6.76. The van der Waals surface area contributed by atoms with Gasteiger partial charge in [-0.05, 0) is 32.8 Å². The first-order valence-electron chi connectivity index (χ1n) is 8.55. The molecule has 4 heteroatoms. The van der Waals surface area contributed by atoms with E-state index in [1.807, 2.05) is 39.0 Å². The zero-order valence-corrected chi connectivity index (χ0v) is 14.9. The highest BCUT2D eigenvalue weighted by molar-refractivity contribution is 5.72. The molecule has 2 rings (SSSR count). The molecule has 1 heterocycles. The van der Waals surface area contributed by atoms with Gasteiger partial charge in [0.25, 0.3) is 0 Å². The standard InChI is InChI=1S/C20H28O4/c1-14(2)11-23-19-16(4)24-20(21)15(3)12-22-13-18(19)10-17-8-6-5-7-9-17/h5-9,15-16,18-19H,1,10-13H2,2-4H3/t15-,16-,18-,19-/m0/s1. The van der Waals surface area contributed by atoms with Crippen LogP contribution in [0, 0.1) is 11.8 Å². The summed E-state index contributed by atoms with van der Waals surface area (Å²) in [7, 11) is 0. The van der Waals surface area contributed by atoms with Crippen LogP contribution in [-0.4, -0.2) is 38.0 Å². The molecule has 1 fully saturated rings. The van der Waals surface area contributed by atoms with E-state index >= 15 is 0 Å². The number of carbonyl (C=O) groups is 1. The van der Waals surface area contributed by atoms with Crippen molar-refractivity contribution in [3.05, 3.63) is 48.0 Å². The Kier molecular flexibility index (Phi) is 7.00. The molecular formula is C20H28O4. The first kappa shape index (κ1) is 18.7. The lowest BCUT2D eigenvalue weighted by Gasteiger charge is -2.31. The Balaban J connectivity index is 2.19. The third kappa shape index (κ3) is 5.46. The van der Waals surface area contributed by atoms with Crippen LogP contribution in [0.25, 0.3) is 0 Å². The molecule has 0 aromatic heterocycles. The number of cyclic esters (lactones) is 1. The molecule has 1 saturated heterocycles. The summed E-state index contributed by atoms with van der Waals surface area (Å²) in [5.41, 5.74) is 2.17. The molecule has 0 bridgehead atoms. The molecule has 132 valence electrons.